The number of benzene rings is 1. The first kappa shape index (κ1) is 13.5. The average molecular weight is 278 g/mol. The highest BCUT2D eigenvalue weighted by Crippen LogP contribution is 2.35. The van der Waals surface area contributed by atoms with E-state index in [9.17, 15) is 5.11 Å². The third-order valence-electron chi connectivity index (χ3n) is 4.13. The van der Waals surface area contributed by atoms with E-state index in [1.807, 2.05) is 19.1 Å². The van der Waals surface area contributed by atoms with Crippen molar-refractivity contribution in [3.8, 4) is 11.5 Å². The Labute approximate surface area is 119 Å². The molecule has 0 saturated carbocycles. The Morgan fingerprint density at radius 1 is 1.20 bits per heavy atom. The number of piperidine rings is 1. The number of nitrogens with zero attached hydrogens (tertiary/aromatic N) is 1. The maximum absolute atomic E-state index is 9.98. The lowest BCUT2D eigenvalue weighted by atomic mass is 9.93. The maximum Gasteiger partial charge on any atom is 0.163 e. The molecule has 1 fully saturated rings. The van der Waals surface area contributed by atoms with Crippen LogP contribution < -0.4 is 15.2 Å². The number of likely N-dealkylation sites (tertiary alicyclic amines) is 1. The zero-order valence-corrected chi connectivity index (χ0v) is 11.9. The Balaban J connectivity index is 1.71. The molecule has 0 bridgehead atoms. The number of nitrogen functional groups attached to an aromatic ring is 1. The van der Waals surface area contributed by atoms with E-state index in [2.05, 4.69) is 4.90 Å². The van der Waals surface area contributed by atoms with Gasteiger partial charge in [0.2, 0.25) is 0 Å². The number of ether oxygens (including phenoxy) is 2. The van der Waals surface area contributed by atoms with E-state index in [-0.39, 0.29) is 0 Å². The van der Waals surface area contributed by atoms with Gasteiger partial charge in [0.15, 0.2) is 11.5 Å². The smallest absolute Gasteiger partial charge is 0.163 e. The summed E-state index contributed by atoms with van der Waals surface area (Å²) in [7, 11) is 0. The van der Waals surface area contributed by atoms with Gasteiger partial charge in [-0.1, -0.05) is 0 Å². The van der Waals surface area contributed by atoms with Gasteiger partial charge in [0.05, 0.1) is 5.60 Å². The van der Waals surface area contributed by atoms with Crippen LogP contribution in [0.5, 0.6) is 11.5 Å². The number of hydrogen-bond donors (Lipinski definition) is 2. The molecule has 2 aliphatic rings. The average Bonchev–Trinajstić information content (AvgIpc) is 2.42. The van der Waals surface area contributed by atoms with E-state index in [0.717, 1.165) is 55.2 Å². The lowest BCUT2D eigenvalue weighted by molar-refractivity contribution is -0.00727. The summed E-state index contributed by atoms with van der Waals surface area (Å²) < 4.78 is 11.1. The molecule has 0 unspecified atom stereocenters. The molecule has 5 heteroatoms. The molecule has 5 nitrogen and oxygen atoms in total. The maximum atomic E-state index is 9.98. The Morgan fingerprint density at radius 2 is 1.80 bits per heavy atom. The van der Waals surface area contributed by atoms with E-state index < -0.39 is 5.60 Å². The highest BCUT2D eigenvalue weighted by Gasteiger charge is 2.27. The number of aliphatic hydroxyl groups is 1. The minimum Gasteiger partial charge on any atom is -0.486 e. The number of fused-ring (bicyclic) bond motifs is 1. The van der Waals surface area contributed by atoms with Crippen molar-refractivity contribution < 1.29 is 14.6 Å². The molecule has 2 aliphatic heterocycles. The number of nitrogens with two attached hydrogens (primary N) is 1. The van der Waals surface area contributed by atoms with Crippen molar-refractivity contribution in [1.82, 2.24) is 4.90 Å². The van der Waals surface area contributed by atoms with Crippen molar-refractivity contribution in [2.24, 2.45) is 0 Å². The molecule has 3 rings (SSSR count). The number of anilines is 1. The quantitative estimate of drug-likeness (QED) is 0.800. The molecule has 0 atom stereocenters. The Kier molecular flexibility index (Phi) is 3.48. The van der Waals surface area contributed by atoms with Crippen LogP contribution in [0.2, 0.25) is 0 Å². The molecule has 0 spiro atoms. The minimum atomic E-state index is -0.519. The van der Waals surface area contributed by atoms with Crippen molar-refractivity contribution in [3.05, 3.63) is 17.7 Å². The summed E-state index contributed by atoms with van der Waals surface area (Å²) in [6.45, 7) is 5.64. The van der Waals surface area contributed by atoms with Crippen LogP contribution in [0.25, 0.3) is 0 Å². The van der Waals surface area contributed by atoms with Crippen LogP contribution in [0.3, 0.4) is 0 Å². The van der Waals surface area contributed by atoms with Gasteiger partial charge in [-0.3, -0.25) is 4.90 Å². The second-order valence-corrected chi connectivity index (χ2v) is 5.97. The predicted octanol–water partition coefficient (Wildman–Crippen LogP) is 1.39. The lowest BCUT2D eigenvalue weighted by Crippen LogP contribution is -2.42. The van der Waals surface area contributed by atoms with Crippen LogP contribution in [-0.4, -0.2) is 41.9 Å². The first-order valence-electron chi connectivity index (χ1n) is 7.16. The SMILES string of the molecule is CC1(O)CCN(Cc2cc3c(cc2N)OCCO3)CC1. The summed E-state index contributed by atoms with van der Waals surface area (Å²) in [6.07, 6.45) is 1.61. The Morgan fingerprint density at radius 3 is 2.45 bits per heavy atom. The molecule has 0 amide bonds. The van der Waals surface area contributed by atoms with Gasteiger partial charge in [-0.25, -0.2) is 0 Å². The van der Waals surface area contributed by atoms with Crippen molar-refractivity contribution in [2.75, 3.05) is 32.0 Å². The van der Waals surface area contributed by atoms with E-state index in [0.29, 0.717) is 13.2 Å². The molecule has 0 aliphatic carbocycles. The molecule has 110 valence electrons. The molecular formula is C15H22N2O3. The van der Waals surface area contributed by atoms with Crippen molar-refractivity contribution in [3.63, 3.8) is 0 Å². The monoisotopic (exact) mass is 278 g/mol. The summed E-state index contributed by atoms with van der Waals surface area (Å²) in [5.74, 6) is 1.52. The third kappa shape index (κ3) is 2.83. The summed E-state index contributed by atoms with van der Waals surface area (Å²) in [5.41, 5.74) is 7.39. The van der Waals surface area contributed by atoms with Gasteiger partial charge in [-0.2, -0.15) is 0 Å². The van der Waals surface area contributed by atoms with Crippen LogP contribution >= 0.6 is 0 Å². The van der Waals surface area contributed by atoms with E-state index in [4.69, 9.17) is 15.2 Å². The fourth-order valence-electron chi connectivity index (χ4n) is 2.72. The zero-order chi connectivity index (χ0) is 14.2. The molecule has 0 aromatic heterocycles. The van der Waals surface area contributed by atoms with E-state index in [1.165, 1.54) is 0 Å². The molecule has 0 radical (unpaired) electrons. The van der Waals surface area contributed by atoms with Crippen LogP contribution in [0.15, 0.2) is 12.1 Å². The first-order valence-corrected chi connectivity index (χ1v) is 7.16. The topological polar surface area (TPSA) is 68.0 Å². The first-order chi connectivity index (χ1) is 9.53. The predicted molar refractivity (Wildman–Crippen MR) is 77.0 cm³/mol. The molecule has 20 heavy (non-hydrogen) atoms. The fraction of sp³-hybridized carbons (Fsp3) is 0.600. The summed E-state index contributed by atoms with van der Waals surface area (Å²) in [5, 5.41) is 9.98. The molecule has 1 aromatic rings. The van der Waals surface area contributed by atoms with Gasteiger partial charge in [0.25, 0.3) is 0 Å². The van der Waals surface area contributed by atoms with Gasteiger partial charge in [-0.15, -0.1) is 0 Å². The summed E-state index contributed by atoms with van der Waals surface area (Å²) >= 11 is 0. The number of rotatable bonds is 2. The largest absolute Gasteiger partial charge is 0.486 e. The highest BCUT2D eigenvalue weighted by molar-refractivity contribution is 5.58. The molecular weight excluding hydrogens is 256 g/mol. The van der Waals surface area contributed by atoms with Crippen LogP contribution in [0.1, 0.15) is 25.3 Å². The summed E-state index contributed by atoms with van der Waals surface area (Å²) in [4.78, 5) is 2.32. The van der Waals surface area contributed by atoms with Crippen LogP contribution in [0, 0.1) is 0 Å². The van der Waals surface area contributed by atoms with Gasteiger partial charge >= 0.3 is 0 Å². The van der Waals surface area contributed by atoms with Crippen LogP contribution in [-0.2, 0) is 6.54 Å². The standard InChI is InChI=1S/C15H22N2O3/c1-15(18)2-4-17(5-3-15)10-11-8-13-14(9-12(11)16)20-7-6-19-13/h8-9,18H,2-7,10,16H2,1H3. The van der Waals surface area contributed by atoms with Crippen molar-refractivity contribution >= 4 is 5.69 Å². The molecule has 3 N–H and O–H groups in total. The van der Waals surface area contributed by atoms with Gasteiger partial charge < -0.3 is 20.3 Å². The minimum absolute atomic E-state index is 0.519. The second kappa shape index (κ2) is 5.14. The molecule has 1 aromatic carbocycles. The second-order valence-electron chi connectivity index (χ2n) is 5.97. The van der Waals surface area contributed by atoms with Crippen molar-refractivity contribution in [2.45, 2.75) is 31.9 Å². The summed E-state index contributed by atoms with van der Waals surface area (Å²) in [6, 6.07) is 3.83. The van der Waals surface area contributed by atoms with Gasteiger partial charge in [0, 0.05) is 31.4 Å². The van der Waals surface area contributed by atoms with E-state index >= 15 is 0 Å². The fourth-order valence-corrected chi connectivity index (χ4v) is 2.72. The zero-order valence-electron chi connectivity index (χ0n) is 11.9. The normalized spacial score (nSPS) is 21.7. The van der Waals surface area contributed by atoms with Gasteiger partial charge in [-0.05, 0) is 31.4 Å². The van der Waals surface area contributed by atoms with Crippen molar-refractivity contribution in [1.29, 1.82) is 0 Å². The van der Waals surface area contributed by atoms with E-state index in [1.54, 1.807) is 0 Å². The lowest BCUT2D eigenvalue weighted by Gasteiger charge is -2.36. The van der Waals surface area contributed by atoms with Crippen LogP contribution in [0.4, 0.5) is 5.69 Å². The van der Waals surface area contributed by atoms with Gasteiger partial charge in [0.1, 0.15) is 13.2 Å². The highest BCUT2D eigenvalue weighted by atomic mass is 16.6. The molecule has 1 saturated heterocycles. The molecule has 2 heterocycles. The Hall–Kier alpha value is -1.46. The third-order valence-corrected chi connectivity index (χ3v) is 4.13. The number of hydrogen-bond acceptors (Lipinski definition) is 5. The Bertz CT molecular complexity index is 492.